The van der Waals surface area contributed by atoms with Crippen LogP contribution in [-0.2, 0) is 14.8 Å². The number of benzene rings is 1. The zero-order valence-corrected chi connectivity index (χ0v) is 12.7. The van der Waals surface area contributed by atoms with Gasteiger partial charge in [-0.25, -0.2) is 13.1 Å². The first-order valence-electron chi connectivity index (χ1n) is 5.55. The lowest BCUT2D eigenvalue weighted by Gasteiger charge is -2.11. The van der Waals surface area contributed by atoms with Gasteiger partial charge in [0.05, 0.1) is 16.0 Å². The third-order valence-corrected chi connectivity index (χ3v) is 5.36. The fourth-order valence-electron chi connectivity index (χ4n) is 1.74. The molecule has 18 heavy (non-hydrogen) atoms. The number of hydrogen-bond acceptors (Lipinski definition) is 3. The van der Waals surface area contributed by atoms with E-state index in [0.29, 0.717) is 22.6 Å². The molecular weight excluding hydrogens is 342 g/mol. The Morgan fingerprint density at radius 3 is 2.89 bits per heavy atom. The molecule has 100 valence electrons. The van der Waals surface area contributed by atoms with E-state index in [1.165, 1.54) is 12.1 Å². The van der Waals surface area contributed by atoms with Gasteiger partial charge in [0.1, 0.15) is 0 Å². The normalized spacial score (nSPS) is 20.2. The topological polar surface area (TPSA) is 55.4 Å². The maximum atomic E-state index is 12.0. The van der Waals surface area contributed by atoms with Crippen molar-refractivity contribution in [2.75, 3.05) is 13.2 Å². The number of sulfonamides is 1. The van der Waals surface area contributed by atoms with Crippen molar-refractivity contribution >= 4 is 37.6 Å². The zero-order valence-electron chi connectivity index (χ0n) is 9.53. The molecule has 0 spiro atoms. The van der Waals surface area contributed by atoms with Gasteiger partial charge in [0.25, 0.3) is 0 Å². The first kappa shape index (κ1) is 14.3. The Morgan fingerprint density at radius 2 is 2.28 bits per heavy atom. The molecule has 0 saturated carbocycles. The molecule has 1 aliphatic heterocycles. The standard InChI is InChI=1S/C11H13BrClNO3S/c12-10-6-9(3-4-11(10)13)18(15,16)14-7-8-2-1-5-17-8/h3-4,6,8,14H,1-2,5,7H2. The van der Waals surface area contributed by atoms with Gasteiger partial charge >= 0.3 is 0 Å². The summed E-state index contributed by atoms with van der Waals surface area (Å²) in [7, 11) is -3.51. The molecule has 2 rings (SSSR count). The Hall–Kier alpha value is -0.140. The van der Waals surface area contributed by atoms with Crippen LogP contribution in [0.1, 0.15) is 12.8 Å². The average Bonchev–Trinajstić information content (AvgIpc) is 2.83. The highest BCUT2D eigenvalue weighted by Crippen LogP contribution is 2.25. The third kappa shape index (κ3) is 3.45. The predicted octanol–water partition coefficient (Wildman–Crippen LogP) is 2.56. The van der Waals surface area contributed by atoms with E-state index in [2.05, 4.69) is 20.7 Å². The van der Waals surface area contributed by atoms with Gasteiger partial charge in [-0.15, -0.1) is 0 Å². The number of nitrogens with one attached hydrogen (secondary N) is 1. The lowest BCUT2D eigenvalue weighted by atomic mass is 10.2. The lowest BCUT2D eigenvalue weighted by molar-refractivity contribution is 0.114. The Bertz CT molecular complexity index is 529. The van der Waals surface area contributed by atoms with E-state index >= 15 is 0 Å². The Labute approximate surface area is 120 Å². The van der Waals surface area contributed by atoms with Gasteiger partial charge < -0.3 is 4.74 Å². The molecule has 4 nitrogen and oxygen atoms in total. The molecule has 1 fully saturated rings. The molecule has 1 heterocycles. The van der Waals surface area contributed by atoms with Crippen molar-refractivity contribution in [2.45, 2.75) is 23.8 Å². The Balaban J connectivity index is 2.07. The van der Waals surface area contributed by atoms with E-state index in [1.807, 2.05) is 0 Å². The summed E-state index contributed by atoms with van der Waals surface area (Å²) < 4.78 is 32.5. The van der Waals surface area contributed by atoms with Gasteiger partial charge in [-0.05, 0) is 47.0 Å². The van der Waals surface area contributed by atoms with Crippen molar-refractivity contribution < 1.29 is 13.2 Å². The molecule has 1 unspecified atom stereocenters. The van der Waals surface area contributed by atoms with Crippen molar-refractivity contribution in [3.05, 3.63) is 27.7 Å². The third-order valence-electron chi connectivity index (χ3n) is 2.73. The van der Waals surface area contributed by atoms with Crippen LogP contribution in [0.3, 0.4) is 0 Å². The Morgan fingerprint density at radius 1 is 1.50 bits per heavy atom. The second-order valence-electron chi connectivity index (χ2n) is 4.06. The van der Waals surface area contributed by atoms with E-state index in [0.717, 1.165) is 12.8 Å². The molecule has 0 radical (unpaired) electrons. The van der Waals surface area contributed by atoms with Crippen LogP contribution in [0.5, 0.6) is 0 Å². The van der Waals surface area contributed by atoms with Crippen molar-refractivity contribution in [3.63, 3.8) is 0 Å². The van der Waals surface area contributed by atoms with Crippen molar-refractivity contribution in [3.8, 4) is 0 Å². The van der Waals surface area contributed by atoms with Gasteiger partial charge in [-0.2, -0.15) is 0 Å². The van der Waals surface area contributed by atoms with Gasteiger partial charge in [0.15, 0.2) is 0 Å². The van der Waals surface area contributed by atoms with Crippen LogP contribution in [0.15, 0.2) is 27.6 Å². The summed E-state index contributed by atoms with van der Waals surface area (Å²) in [4.78, 5) is 0.191. The molecule has 0 aromatic heterocycles. The second kappa shape index (κ2) is 5.88. The maximum Gasteiger partial charge on any atom is 0.240 e. The SMILES string of the molecule is O=S(=O)(NCC1CCCO1)c1ccc(Cl)c(Br)c1. The summed E-state index contributed by atoms with van der Waals surface area (Å²) in [6.07, 6.45) is 1.86. The highest BCUT2D eigenvalue weighted by molar-refractivity contribution is 9.10. The molecule has 1 aromatic carbocycles. The number of hydrogen-bond donors (Lipinski definition) is 1. The highest BCUT2D eigenvalue weighted by atomic mass is 79.9. The molecule has 0 aliphatic carbocycles. The lowest BCUT2D eigenvalue weighted by Crippen LogP contribution is -2.31. The van der Waals surface area contributed by atoms with Crippen molar-refractivity contribution in [2.24, 2.45) is 0 Å². The van der Waals surface area contributed by atoms with Gasteiger partial charge in [0.2, 0.25) is 10.0 Å². The first-order valence-corrected chi connectivity index (χ1v) is 8.21. The van der Waals surface area contributed by atoms with E-state index in [1.54, 1.807) is 6.07 Å². The van der Waals surface area contributed by atoms with Gasteiger partial charge in [-0.1, -0.05) is 11.6 Å². The van der Waals surface area contributed by atoms with E-state index < -0.39 is 10.0 Å². The molecule has 1 N–H and O–H groups in total. The van der Waals surface area contributed by atoms with Crippen LogP contribution in [0.25, 0.3) is 0 Å². The predicted molar refractivity (Wildman–Crippen MR) is 73.3 cm³/mol. The minimum absolute atomic E-state index is 0.0180. The van der Waals surface area contributed by atoms with Gasteiger partial charge in [0, 0.05) is 17.6 Å². The molecule has 0 amide bonds. The fraction of sp³-hybridized carbons (Fsp3) is 0.455. The number of rotatable bonds is 4. The fourth-order valence-corrected chi connectivity index (χ4v) is 3.48. The molecule has 1 atom stereocenters. The zero-order chi connectivity index (χ0) is 13.2. The Kier molecular flexibility index (Phi) is 4.66. The van der Waals surface area contributed by atoms with Crippen LogP contribution < -0.4 is 4.72 Å². The maximum absolute atomic E-state index is 12.0. The van der Waals surface area contributed by atoms with E-state index in [-0.39, 0.29) is 11.0 Å². The summed E-state index contributed by atoms with van der Waals surface area (Å²) in [5.74, 6) is 0. The molecule has 1 saturated heterocycles. The summed E-state index contributed by atoms with van der Waals surface area (Å²) in [6.45, 7) is 1.02. The van der Waals surface area contributed by atoms with Crippen LogP contribution in [-0.4, -0.2) is 27.7 Å². The van der Waals surface area contributed by atoms with Crippen LogP contribution in [0.4, 0.5) is 0 Å². The summed E-state index contributed by atoms with van der Waals surface area (Å²) in [5.41, 5.74) is 0. The van der Waals surface area contributed by atoms with E-state index in [4.69, 9.17) is 16.3 Å². The van der Waals surface area contributed by atoms with Crippen LogP contribution >= 0.6 is 27.5 Å². The average molecular weight is 355 g/mol. The molecule has 7 heteroatoms. The van der Waals surface area contributed by atoms with E-state index in [9.17, 15) is 8.42 Å². The summed E-state index contributed by atoms with van der Waals surface area (Å²) >= 11 is 9.04. The summed E-state index contributed by atoms with van der Waals surface area (Å²) in [6, 6.07) is 4.51. The number of ether oxygens (including phenoxy) is 1. The molecular formula is C11H13BrClNO3S. The monoisotopic (exact) mass is 353 g/mol. The van der Waals surface area contributed by atoms with Crippen molar-refractivity contribution in [1.82, 2.24) is 4.72 Å². The second-order valence-corrected chi connectivity index (χ2v) is 7.09. The highest BCUT2D eigenvalue weighted by Gasteiger charge is 2.20. The number of halogens is 2. The van der Waals surface area contributed by atoms with Crippen molar-refractivity contribution in [1.29, 1.82) is 0 Å². The summed E-state index contributed by atoms with van der Waals surface area (Å²) in [5, 5.41) is 0.480. The van der Waals surface area contributed by atoms with Gasteiger partial charge in [-0.3, -0.25) is 0 Å². The van der Waals surface area contributed by atoms with Crippen LogP contribution in [0.2, 0.25) is 5.02 Å². The smallest absolute Gasteiger partial charge is 0.240 e. The molecule has 0 bridgehead atoms. The quantitative estimate of drug-likeness (QED) is 0.904. The molecule has 1 aliphatic rings. The first-order chi connectivity index (χ1) is 8.49. The molecule has 1 aromatic rings. The largest absolute Gasteiger partial charge is 0.377 e. The minimum Gasteiger partial charge on any atom is -0.377 e. The minimum atomic E-state index is -3.51. The van der Waals surface area contributed by atoms with Crippen LogP contribution in [0, 0.1) is 0 Å².